The molecule has 0 radical (unpaired) electrons. The van der Waals surface area contributed by atoms with Gasteiger partial charge in [0.1, 0.15) is 5.60 Å². The molecule has 0 saturated carbocycles. The SMILES string of the molecule is CC(C)(C)OC(=O)N1CCCC(C(=O)Nc2ncccc2O)C1. The summed E-state index contributed by atoms with van der Waals surface area (Å²) in [6.07, 6.45) is 2.49. The third-order valence-electron chi connectivity index (χ3n) is 3.47. The molecule has 1 aromatic rings. The van der Waals surface area contributed by atoms with Crippen LogP contribution < -0.4 is 5.32 Å². The molecule has 1 unspecified atom stereocenters. The van der Waals surface area contributed by atoms with E-state index in [0.717, 1.165) is 6.42 Å². The molecule has 2 rings (SSSR count). The maximum atomic E-state index is 12.3. The lowest BCUT2D eigenvalue weighted by Crippen LogP contribution is -2.45. The molecule has 2 amide bonds. The zero-order chi connectivity index (χ0) is 17.0. The number of ether oxygens (including phenoxy) is 1. The summed E-state index contributed by atoms with van der Waals surface area (Å²) in [7, 11) is 0. The standard InChI is InChI=1S/C16H23N3O4/c1-16(2,3)23-15(22)19-9-5-6-11(10-19)14(21)18-13-12(20)7-4-8-17-13/h4,7-8,11,20H,5-6,9-10H2,1-3H3,(H,17,18,21). The van der Waals surface area contributed by atoms with Crippen LogP contribution in [0.4, 0.5) is 10.6 Å². The third-order valence-corrected chi connectivity index (χ3v) is 3.47. The van der Waals surface area contributed by atoms with Gasteiger partial charge in [0.15, 0.2) is 11.6 Å². The third kappa shape index (κ3) is 4.84. The summed E-state index contributed by atoms with van der Waals surface area (Å²) in [6, 6.07) is 3.03. The van der Waals surface area contributed by atoms with Crippen LogP contribution in [0.15, 0.2) is 18.3 Å². The van der Waals surface area contributed by atoms with Gasteiger partial charge < -0.3 is 20.1 Å². The Bertz CT molecular complexity index is 583. The lowest BCUT2D eigenvalue weighted by Gasteiger charge is -2.33. The van der Waals surface area contributed by atoms with Gasteiger partial charge in [-0.1, -0.05) is 0 Å². The summed E-state index contributed by atoms with van der Waals surface area (Å²) >= 11 is 0. The molecule has 0 aromatic carbocycles. The number of nitrogens with one attached hydrogen (secondary N) is 1. The Morgan fingerprint density at radius 2 is 2.17 bits per heavy atom. The highest BCUT2D eigenvalue weighted by atomic mass is 16.6. The fourth-order valence-electron chi connectivity index (χ4n) is 2.40. The first-order valence-electron chi connectivity index (χ1n) is 7.69. The normalized spacial score (nSPS) is 18.4. The predicted octanol–water partition coefficient (Wildman–Crippen LogP) is 2.37. The van der Waals surface area contributed by atoms with E-state index in [9.17, 15) is 14.7 Å². The smallest absolute Gasteiger partial charge is 0.410 e. The van der Waals surface area contributed by atoms with Crippen LogP contribution in [0.5, 0.6) is 5.75 Å². The van der Waals surface area contributed by atoms with Gasteiger partial charge in [-0.25, -0.2) is 9.78 Å². The van der Waals surface area contributed by atoms with E-state index in [2.05, 4.69) is 10.3 Å². The van der Waals surface area contributed by atoms with Crippen LogP contribution in [-0.4, -0.2) is 45.7 Å². The van der Waals surface area contributed by atoms with Gasteiger partial charge in [0.2, 0.25) is 5.91 Å². The molecule has 2 heterocycles. The molecule has 1 aliphatic heterocycles. The van der Waals surface area contributed by atoms with E-state index in [1.165, 1.54) is 12.3 Å². The summed E-state index contributed by atoms with van der Waals surface area (Å²) in [4.78, 5) is 29.9. The maximum absolute atomic E-state index is 12.3. The van der Waals surface area contributed by atoms with E-state index in [1.54, 1.807) is 11.0 Å². The van der Waals surface area contributed by atoms with Crippen LogP contribution in [0, 0.1) is 5.92 Å². The molecule has 2 N–H and O–H groups in total. The minimum absolute atomic E-state index is 0.0827. The summed E-state index contributed by atoms with van der Waals surface area (Å²) < 4.78 is 5.35. The molecule has 23 heavy (non-hydrogen) atoms. The number of amides is 2. The van der Waals surface area contributed by atoms with E-state index in [-0.39, 0.29) is 23.4 Å². The van der Waals surface area contributed by atoms with Gasteiger partial charge in [-0.2, -0.15) is 0 Å². The molecular weight excluding hydrogens is 298 g/mol. The summed E-state index contributed by atoms with van der Waals surface area (Å²) in [6.45, 7) is 6.30. The number of aromatic hydroxyl groups is 1. The average molecular weight is 321 g/mol. The van der Waals surface area contributed by atoms with E-state index in [4.69, 9.17) is 4.74 Å². The molecule has 7 nitrogen and oxygen atoms in total. The lowest BCUT2D eigenvalue weighted by molar-refractivity contribution is -0.121. The fourth-order valence-corrected chi connectivity index (χ4v) is 2.40. The Hall–Kier alpha value is -2.31. The zero-order valence-electron chi connectivity index (χ0n) is 13.7. The van der Waals surface area contributed by atoms with Crippen molar-refractivity contribution in [3.05, 3.63) is 18.3 Å². The van der Waals surface area contributed by atoms with Crippen molar-refractivity contribution in [2.24, 2.45) is 5.92 Å². The Balaban J connectivity index is 1.96. The van der Waals surface area contributed by atoms with Crippen molar-refractivity contribution in [2.45, 2.75) is 39.2 Å². The highest BCUT2D eigenvalue weighted by molar-refractivity contribution is 5.93. The van der Waals surface area contributed by atoms with Gasteiger partial charge >= 0.3 is 6.09 Å². The number of aromatic nitrogens is 1. The Morgan fingerprint density at radius 3 is 2.83 bits per heavy atom. The van der Waals surface area contributed by atoms with Crippen molar-refractivity contribution in [1.29, 1.82) is 0 Å². The van der Waals surface area contributed by atoms with Crippen LogP contribution in [-0.2, 0) is 9.53 Å². The van der Waals surface area contributed by atoms with Crippen molar-refractivity contribution < 1.29 is 19.4 Å². The molecule has 0 spiro atoms. The molecule has 1 saturated heterocycles. The van der Waals surface area contributed by atoms with Crippen molar-refractivity contribution in [2.75, 3.05) is 18.4 Å². The van der Waals surface area contributed by atoms with Crippen LogP contribution in [0.2, 0.25) is 0 Å². The molecule has 0 bridgehead atoms. The highest BCUT2D eigenvalue weighted by Crippen LogP contribution is 2.23. The predicted molar refractivity (Wildman–Crippen MR) is 85.1 cm³/mol. The first-order chi connectivity index (χ1) is 10.8. The number of carbonyl (C=O) groups excluding carboxylic acids is 2. The van der Waals surface area contributed by atoms with Gasteiger partial charge in [0.25, 0.3) is 0 Å². The van der Waals surface area contributed by atoms with Crippen molar-refractivity contribution >= 4 is 17.8 Å². The summed E-state index contributed by atoms with van der Waals surface area (Å²) in [5.41, 5.74) is -0.563. The quantitative estimate of drug-likeness (QED) is 0.872. The molecule has 0 aliphatic carbocycles. The van der Waals surface area contributed by atoms with Crippen LogP contribution >= 0.6 is 0 Å². The number of rotatable bonds is 2. The number of nitrogens with zero attached hydrogens (tertiary/aromatic N) is 2. The second-order valence-electron chi connectivity index (χ2n) is 6.63. The first-order valence-corrected chi connectivity index (χ1v) is 7.69. The van der Waals surface area contributed by atoms with Gasteiger partial charge in [0.05, 0.1) is 5.92 Å². The van der Waals surface area contributed by atoms with Crippen LogP contribution in [0.25, 0.3) is 0 Å². The molecule has 1 aliphatic rings. The maximum Gasteiger partial charge on any atom is 0.410 e. The largest absolute Gasteiger partial charge is 0.504 e. The number of carbonyl (C=O) groups is 2. The second-order valence-corrected chi connectivity index (χ2v) is 6.63. The molecule has 1 aromatic heterocycles. The molecular formula is C16H23N3O4. The van der Waals surface area contributed by atoms with Gasteiger partial charge in [-0.3, -0.25) is 4.79 Å². The number of likely N-dealkylation sites (tertiary alicyclic amines) is 1. The highest BCUT2D eigenvalue weighted by Gasteiger charge is 2.31. The van der Waals surface area contributed by atoms with Crippen molar-refractivity contribution in [3.8, 4) is 5.75 Å². The van der Waals surface area contributed by atoms with Gasteiger partial charge in [-0.15, -0.1) is 0 Å². The molecule has 1 atom stereocenters. The topological polar surface area (TPSA) is 91.8 Å². The number of hydrogen-bond donors (Lipinski definition) is 2. The number of pyridine rings is 1. The van der Waals surface area contributed by atoms with Crippen LogP contribution in [0.3, 0.4) is 0 Å². The van der Waals surface area contributed by atoms with E-state index >= 15 is 0 Å². The monoisotopic (exact) mass is 321 g/mol. The Kier molecular flexibility index (Phi) is 5.08. The number of anilines is 1. The zero-order valence-corrected chi connectivity index (χ0v) is 13.7. The Morgan fingerprint density at radius 1 is 1.43 bits per heavy atom. The lowest BCUT2D eigenvalue weighted by atomic mass is 9.97. The Labute approximate surface area is 135 Å². The number of piperidine rings is 1. The van der Waals surface area contributed by atoms with Gasteiger partial charge in [-0.05, 0) is 45.7 Å². The van der Waals surface area contributed by atoms with E-state index < -0.39 is 11.7 Å². The average Bonchev–Trinajstić information content (AvgIpc) is 2.48. The summed E-state index contributed by atoms with van der Waals surface area (Å²) in [5.74, 6) is -0.558. The van der Waals surface area contributed by atoms with E-state index in [0.29, 0.717) is 19.5 Å². The molecule has 1 fully saturated rings. The van der Waals surface area contributed by atoms with Crippen molar-refractivity contribution in [1.82, 2.24) is 9.88 Å². The minimum atomic E-state index is -0.563. The fraction of sp³-hybridized carbons (Fsp3) is 0.562. The van der Waals surface area contributed by atoms with Crippen LogP contribution in [0.1, 0.15) is 33.6 Å². The summed E-state index contributed by atoms with van der Waals surface area (Å²) in [5, 5.41) is 12.3. The van der Waals surface area contributed by atoms with Gasteiger partial charge in [0, 0.05) is 19.3 Å². The first kappa shape index (κ1) is 17.1. The van der Waals surface area contributed by atoms with E-state index in [1.807, 2.05) is 20.8 Å². The molecule has 7 heteroatoms. The number of hydrogen-bond acceptors (Lipinski definition) is 5. The minimum Gasteiger partial charge on any atom is -0.504 e. The van der Waals surface area contributed by atoms with Crippen molar-refractivity contribution in [3.63, 3.8) is 0 Å². The second kappa shape index (κ2) is 6.85. The molecule has 126 valence electrons.